The Bertz CT molecular complexity index is 417. The average Bonchev–Trinajstić information content (AvgIpc) is 2.30. The molecule has 7 heteroatoms. The first kappa shape index (κ1) is 16.4. The highest BCUT2D eigenvalue weighted by Gasteiger charge is 2.51. The molecular weight excluding hydrogens is 269 g/mol. The van der Waals surface area contributed by atoms with Crippen LogP contribution in [-0.2, 0) is 19.1 Å². The van der Waals surface area contributed by atoms with Crippen LogP contribution < -0.4 is 0 Å². The van der Waals surface area contributed by atoms with Crippen LogP contribution in [0.15, 0.2) is 0 Å². The molecule has 0 bridgehead atoms. The summed E-state index contributed by atoms with van der Waals surface area (Å²) in [6.07, 6.45) is -1.11. The van der Waals surface area contributed by atoms with E-state index in [1.54, 1.807) is 20.8 Å². The Labute approximate surface area is 117 Å². The molecule has 1 amide bonds. The zero-order chi connectivity index (χ0) is 15.6. The number of hydrogen-bond acceptors (Lipinski definition) is 5. The van der Waals surface area contributed by atoms with Crippen LogP contribution in [0.4, 0.5) is 9.18 Å². The van der Waals surface area contributed by atoms with Gasteiger partial charge in [0.1, 0.15) is 5.60 Å². The molecule has 1 aliphatic heterocycles. The minimum absolute atomic E-state index is 0.00639. The summed E-state index contributed by atoms with van der Waals surface area (Å²) in [7, 11) is 0. The van der Waals surface area contributed by atoms with E-state index < -0.39 is 42.1 Å². The van der Waals surface area contributed by atoms with Crippen LogP contribution in [0.1, 0.15) is 34.1 Å². The molecule has 1 unspecified atom stereocenters. The van der Waals surface area contributed by atoms with E-state index in [1.807, 2.05) is 0 Å². The number of ketones is 1. The third kappa shape index (κ3) is 3.68. The highest BCUT2D eigenvalue weighted by molar-refractivity contribution is 6.09. The van der Waals surface area contributed by atoms with Gasteiger partial charge in [0.2, 0.25) is 5.78 Å². The van der Waals surface area contributed by atoms with Gasteiger partial charge in [0.05, 0.1) is 13.2 Å². The lowest BCUT2D eigenvalue weighted by Crippen LogP contribution is -2.56. The summed E-state index contributed by atoms with van der Waals surface area (Å²) in [5.41, 5.74) is -3.36. The second kappa shape index (κ2) is 5.76. The molecule has 0 aliphatic carbocycles. The van der Waals surface area contributed by atoms with E-state index in [-0.39, 0.29) is 13.2 Å². The number of amides is 1. The monoisotopic (exact) mass is 289 g/mol. The highest BCUT2D eigenvalue weighted by atomic mass is 19.1. The topological polar surface area (TPSA) is 72.9 Å². The lowest BCUT2D eigenvalue weighted by molar-refractivity contribution is -0.165. The number of hydrogen-bond donors (Lipinski definition) is 0. The molecule has 1 rings (SSSR count). The van der Waals surface area contributed by atoms with E-state index in [4.69, 9.17) is 4.74 Å². The summed E-state index contributed by atoms with van der Waals surface area (Å²) in [5.74, 6) is -2.16. The molecule has 0 aromatic heterocycles. The lowest BCUT2D eigenvalue weighted by atomic mass is 9.92. The van der Waals surface area contributed by atoms with Crippen LogP contribution >= 0.6 is 0 Å². The van der Waals surface area contributed by atoms with E-state index in [1.165, 1.54) is 6.92 Å². The zero-order valence-corrected chi connectivity index (χ0v) is 12.2. The Kier molecular flexibility index (Phi) is 4.73. The third-order valence-electron chi connectivity index (χ3n) is 2.75. The maximum atomic E-state index is 14.3. The Morgan fingerprint density at radius 1 is 1.40 bits per heavy atom. The number of halogens is 1. The Hall–Kier alpha value is -1.66. The second-order valence-electron chi connectivity index (χ2n) is 5.60. The number of carbonyl (C=O) groups is 3. The average molecular weight is 289 g/mol. The van der Waals surface area contributed by atoms with Gasteiger partial charge < -0.3 is 14.4 Å². The normalized spacial score (nSPS) is 23.4. The summed E-state index contributed by atoms with van der Waals surface area (Å²) in [4.78, 5) is 36.1. The zero-order valence-electron chi connectivity index (χ0n) is 12.2. The van der Waals surface area contributed by atoms with Crippen molar-refractivity contribution in [3.05, 3.63) is 0 Å². The van der Waals surface area contributed by atoms with Gasteiger partial charge >= 0.3 is 12.1 Å². The van der Waals surface area contributed by atoms with Gasteiger partial charge in [-0.1, -0.05) is 0 Å². The van der Waals surface area contributed by atoms with Crippen LogP contribution in [0.25, 0.3) is 0 Å². The van der Waals surface area contributed by atoms with Crippen LogP contribution in [0.3, 0.4) is 0 Å². The number of ether oxygens (including phenoxy) is 2. The smallest absolute Gasteiger partial charge is 0.410 e. The van der Waals surface area contributed by atoms with Crippen molar-refractivity contribution in [2.24, 2.45) is 0 Å². The van der Waals surface area contributed by atoms with E-state index in [2.05, 4.69) is 4.74 Å². The Balaban J connectivity index is 2.70. The molecule has 0 N–H and O–H groups in total. The summed E-state index contributed by atoms with van der Waals surface area (Å²) in [5, 5.41) is 0. The Morgan fingerprint density at radius 3 is 2.45 bits per heavy atom. The van der Waals surface area contributed by atoms with Gasteiger partial charge in [-0.25, -0.2) is 14.0 Å². The number of nitrogens with zero attached hydrogens (tertiary/aromatic N) is 1. The number of rotatable bonds is 2. The van der Waals surface area contributed by atoms with Gasteiger partial charge in [0, 0.05) is 13.0 Å². The van der Waals surface area contributed by atoms with Crippen molar-refractivity contribution in [3.63, 3.8) is 0 Å². The van der Waals surface area contributed by atoms with Crippen LogP contribution in [-0.4, -0.2) is 53.7 Å². The van der Waals surface area contributed by atoms with Gasteiger partial charge in [-0.3, -0.25) is 4.79 Å². The number of Topliss-reactive ketones (excluding diaryl/α,β-unsaturated/α-hetero) is 1. The number of alkyl halides is 1. The molecule has 114 valence electrons. The highest BCUT2D eigenvalue weighted by Crippen LogP contribution is 2.26. The molecular formula is C13H20FNO5. The van der Waals surface area contributed by atoms with Crippen LogP contribution in [0.2, 0.25) is 0 Å². The predicted molar refractivity (Wildman–Crippen MR) is 67.9 cm³/mol. The fourth-order valence-corrected chi connectivity index (χ4v) is 1.75. The van der Waals surface area contributed by atoms with Crippen LogP contribution in [0.5, 0.6) is 0 Å². The fraction of sp³-hybridized carbons (Fsp3) is 0.769. The molecule has 20 heavy (non-hydrogen) atoms. The van der Waals surface area contributed by atoms with E-state index in [9.17, 15) is 18.8 Å². The first-order valence-electron chi connectivity index (χ1n) is 6.47. The first-order valence-corrected chi connectivity index (χ1v) is 6.47. The fourth-order valence-electron chi connectivity index (χ4n) is 1.75. The predicted octanol–water partition coefficient (Wildman–Crippen LogP) is 1.47. The van der Waals surface area contributed by atoms with E-state index >= 15 is 0 Å². The molecule has 1 heterocycles. The number of carbonyl (C=O) groups excluding carboxylic acids is 3. The largest absolute Gasteiger partial charge is 0.463 e. The maximum Gasteiger partial charge on any atom is 0.410 e. The third-order valence-corrected chi connectivity index (χ3v) is 2.75. The second-order valence-corrected chi connectivity index (χ2v) is 5.60. The molecule has 1 fully saturated rings. The molecule has 0 aromatic rings. The summed E-state index contributed by atoms with van der Waals surface area (Å²) >= 11 is 0. The molecule has 6 nitrogen and oxygen atoms in total. The molecule has 1 aliphatic rings. The van der Waals surface area contributed by atoms with E-state index in [0.717, 1.165) is 4.90 Å². The number of likely N-dealkylation sites (tertiary alicyclic amines) is 1. The maximum absolute atomic E-state index is 14.3. The summed E-state index contributed by atoms with van der Waals surface area (Å²) in [6.45, 7) is 6.02. The van der Waals surface area contributed by atoms with Crippen molar-refractivity contribution in [1.82, 2.24) is 4.90 Å². The van der Waals surface area contributed by atoms with Crippen molar-refractivity contribution < 1.29 is 28.2 Å². The molecule has 0 spiro atoms. The van der Waals surface area contributed by atoms with Crippen LogP contribution in [0, 0.1) is 0 Å². The van der Waals surface area contributed by atoms with Gasteiger partial charge in [-0.2, -0.15) is 0 Å². The SMILES string of the molecule is CCOC(=O)C1(F)CCN(C(=O)OC(C)(C)C)CC1=O. The van der Waals surface area contributed by atoms with Crippen molar-refractivity contribution >= 4 is 17.8 Å². The molecule has 1 atom stereocenters. The lowest BCUT2D eigenvalue weighted by Gasteiger charge is -2.34. The van der Waals surface area contributed by atoms with Crippen molar-refractivity contribution in [2.45, 2.75) is 45.4 Å². The quantitative estimate of drug-likeness (QED) is 0.568. The molecule has 0 saturated carbocycles. The van der Waals surface area contributed by atoms with Gasteiger partial charge in [0.25, 0.3) is 5.67 Å². The first-order chi connectivity index (χ1) is 9.10. The van der Waals surface area contributed by atoms with E-state index in [0.29, 0.717) is 0 Å². The molecule has 0 aromatic carbocycles. The van der Waals surface area contributed by atoms with Crippen molar-refractivity contribution in [3.8, 4) is 0 Å². The molecule has 0 radical (unpaired) electrons. The number of piperidine rings is 1. The minimum Gasteiger partial charge on any atom is -0.463 e. The minimum atomic E-state index is -2.66. The number of esters is 1. The van der Waals surface area contributed by atoms with Crippen molar-refractivity contribution in [1.29, 1.82) is 0 Å². The van der Waals surface area contributed by atoms with Crippen molar-refractivity contribution in [2.75, 3.05) is 19.7 Å². The summed E-state index contributed by atoms with van der Waals surface area (Å²) in [6, 6.07) is 0. The molecule has 1 saturated heterocycles. The Morgan fingerprint density at radius 2 is 2.00 bits per heavy atom. The van der Waals surface area contributed by atoms with Gasteiger partial charge in [0.15, 0.2) is 0 Å². The van der Waals surface area contributed by atoms with Gasteiger partial charge in [-0.05, 0) is 27.7 Å². The summed E-state index contributed by atoms with van der Waals surface area (Å²) < 4.78 is 24.0. The van der Waals surface area contributed by atoms with Gasteiger partial charge in [-0.15, -0.1) is 0 Å². The standard InChI is InChI=1S/C13H20FNO5/c1-5-19-10(17)13(14)6-7-15(8-9(13)16)11(18)20-12(2,3)4/h5-8H2,1-4H3.